The molecule has 4 nitrogen and oxygen atoms in total. The standard InChI is InChI=1S/C15H18BrN3OS/c1-8(17)14(20)18-9(2)13-10(3)19-15(21-13)11-6-4-5-7-12(11)16/h4-9H,17H2,1-3H3,(H,18,20)/t8-,9?/m1/s1. The maximum Gasteiger partial charge on any atom is 0.237 e. The van der Waals surface area contributed by atoms with Crippen LogP contribution in [0.3, 0.4) is 0 Å². The van der Waals surface area contributed by atoms with Crippen molar-refractivity contribution in [3.8, 4) is 10.6 Å². The van der Waals surface area contributed by atoms with Gasteiger partial charge in [-0.15, -0.1) is 11.3 Å². The monoisotopic (exact) mass is 367 g/mol. The number of aromatic nitrogens is 1. The number of halogens is 1. The molecular formula is C15H18BrN3OS. The van der Waals surface area contributed by atoms with Gasteiger partial charge in [0.1, 0.15) is 5.01 Å². The van der Waals surface area contributed by atoms with Crippen LogP contribution < -0.4 is 11.1 Å². The molecule has 0 bridgehead atoms. The number of thiazole rings is 1. The van der Waals surface area contributed by atoms with Crippen LogP contribution in [0.5, 0.6) is 0 Å². The fraction of sp³-hybridized carbons (Fsp3) is 0.333. The number of nitrogens with one attached hydrogen (secondary N) is 1. The molecular weight excluding hydrogens is 350 g/mol. The Bertz CT molecular complexity index is 654. The van der Waals surface area contributed by atoms with Crippen LogP contribution in [0.1, 0.15) is 30.5 Å². The Morgan fingerprint density at radius 1 is 1.38 bits per heavy atom. The maximum absolute atomic E-state index is 11.7. The van der Waals surface area contributed by atoms with Gasteiger partial charge in [-0.1, -0.05) is 34.1 Å². The summed E-state index contributed by atoms with van der Waals surface area (Å²) in [6, 6.07) is 7.36. The number of hydrogen-bond donors (Lipinski definition) is 2. The molecule has 3 N–H and O–H groups in total. The predicted molar refractivity (Wildman–Crippen MR) is 90.2 cm³/mol. The first-order valence-electron chi connectivity index (χ1n) is 6.68. The second kappa shape index (κ2) is 6.68. The maximum atomic E-state index is 11.7. The summed E-state index contributed by atoms with van der Waals surface area (Å²) in [5.74, 6) is -0.155. The molecule has 6 heteroatoms. The lowest BCUT2D eigenvalue weighted by atomic mass is 10.2. The van der Waals surface area contributed by atoms with Gasteiger partial charge in [-0.3, -0.25) is 4.79 Å². The molecule has 112 valence electrons. The molecule has 0 aliphatic carbocycles. The molecule has 2 aromatic rings. The number of hydrogen-bond acceptors (Lipinski definition) is 4. The summed E-state index contributed by atoms with van der Waals surface area (Å²) >= 11 is 5.14. The van der Waals surface area contributed by atoms with E-state index in [9.17, 15) is 4.79 Å². The van der Waals surface area contributed by atoms with Gasteiger partial charge >= 0.3 is 0 Å². The predicted octanol–water partition coefficient (Wildman–Crippen LogP) is 3.41. The highest BCUT2D eigenvalue weighted by atomic mass is 79.9. The quantitative estimate of drug-likeness (QED) is 0.869. The van der Waals surface area contributed by atoms with E-state index >= 15 is 0 Å². The number of nitrogens with two attached hydrogens (primary N) is 1. The van der Waals surface area contributed by atoms with Crippen molar-refractivity contribution in [2.45, 2.75) is 32.9 Å². The highest BCUT2D eigenvalue weighted by Crippen LogP contribution is 2.35. The Morgan fingerprint density at radius 2 is 2.05 bits per heavy atom. The zero-order valence-corrected chi connectivity index (χ0v) is 14.6. The number of carbonyl (C=O) groups excluding carboxylic acids is 1. The molecule has 0 saturated carbocycles. The highest BCUT2D eigenvalue weighted by molar-refractivity contribution is 9.10. The number of benzene rings is 1. The van der Waals surface area contributed by atoms with Gasteiger partial charge < -0.3 is 11.1 Å². The average molecular weight is 368 g/mol. The third kappa shape index (κ3) is 3.70. The summed E-state index contributed by atoms with van der Waals surface area (Å²) in [6.45, 7) is 5.58. The van der Waals surface area contributed by atoms with Crippen molar-refractivity contribution >= 4 is 33.2 Å². The van der Waals surface area contributed by atoms with Gasteiger partial charge in [-0.2, -0.15) is 0 Å². The summed E-state index contributed by atoms with van der Waals surface area (Å²) in [5, 5.41) is 3.85. The minimum atomic E-state index is -0.511. The molecule has 1 aromatic heterocycles. The van der Waals surface area contributed by atoms with Crippen LogP contribution in [0.15, 0.2) is 28.7 Å². The molecule has 0 spiro atoms. The first-order valence-corrected chi connectivity index (χ1v) is 8.29. The second-order valence-corrected chi connectivity index (χ2v) is 6.85. The molecule has 1 heterocycles. The largest absolute Gasteiger partial charge is 0.347 e. The van der Waals surface area contributed by atoms with Crippen LogP contribution >= 0.6 is 27.3 Å². The van der Waals surface area contributed by atoms with Gasteiger partial charge in [0.25, 0.3) is 0 Å². The van der Waals surface area contributed by atoms with Crippen LogP contribution in [0.25, 0.3) is 10.6 Å². The topological polar surface area (TPSA) is 68.0 Å². The Hall–Kier alpha value is -1.24. The van der Waals surface area contributed by atoms with Crippen molar-refractivity contribution in [3.05, 3.63) is 39.3 Å². The third-order valence-electron chi connectivity index (χ3n) is 3.10. The molecule has 0 fully saturated rings. The molecule has 1 aromatic carbocycles. The molecule has 2 atom stereocenters. The van der Waals surface area contributed by atoms with Crippen LogP contribution in [0.2, 0.25) is 0 Å². The smallest absolute Gasteiger partial charge is 0.237 e. The Balaban J connectivity index is 2.28. The number of aryl methyl sites for hydroxylation is 1. The fourth-order valence-corrected chi connectivity index (χ4v) is 3.68. The summed E-state index contributed by atoms with van der Waals surface area (Å²) in [7, 11) is 0. The first kappa shape index (κ1) is 16.1. The van der Waals surface area contributed by atoms with E-state index in [0.29, 0.717) is 0 Å². The van der Waals surface area contributed by atoms with Crippen molar-refractivity contribution in [1.82, 2.24) is 10.3 Å². The van der Waals surface area contributed by atoms with Gasteiger partial charge in [0.15, 0.2) is 0 Å². The molecule has 0 aliphatic rings. The normalized spacial score (nSPS) is 13.8. The molecule has 0 saturated heterocycles. The van der Waals surface area contributed by atoms with Crippen molar-refractivity contribution in [1.29, 1.82) is 0 Å². The van der Waals surface area contributed by atoms with Gasteiger partial charge in [-0.25, -0.2) is 4.98 Å². The van der Waals surface area contributed by atoms with E-state index in [1.54, 1.807) is 18.3 Å². The van der Waals surface area contributed by atoms with Crippen molar-refractivity contribution in [2.24, 2.45) is 5.73 Å². The molecule has 2 rings (SSSR count). The first-order chi connectivity index (χ1) is 9.90. The Morgan fingerprint density at radius 3 is 2.67 bits per heavy atom. The van der Waals surface area contributed by atoms with Gasteiger partial charge in [0, 0.05) is 10.0 Å². The number of carbonyl (C=O) groups is 1. The van der Waals surface area contributed by atoms with E-state index < -0.39 is 6.04 Å². The number of rotatable bonds is 4. The summed E-state index contributed by atoms with van der Waals surface area (Å²) in [4.78, 5) is 17.4. The van der Waals surface area contributed by atoms with Gasteiger partial charge in [0.2, 0.25) is 5.91 Å². The van der Waals surface area contributed by atoms with Crippen molar-refractivity contribution in [3.63, 3.8) is 0 Å². The summed E-state index contributed by atoms with van der Waals surface area (Å²) < 4.78 is 1.01. The van der Waals surface area contributed by atoms with Crippen LogP contribution in [0.4, 0.5) is 0 Å². The molecule has 1 amide bonds. The molecule has 1 unspecified atom stereocenters. The lowest BCUT2D eigenvalue weighted by Crippen LogP contribution is -2.39. The van der Waals surface area contributed by atoms with E-state index in [1.807, 2.05) is 38.1 Å². The second-order valence-electron chi connectivity index (χ2n) is 4.97. The minimum absolute atomic E-state index is 0.0998. The van der Waals surface area contributed by atoms with Crippen LogP contribution in [-0.4, -0.2) is 16.9 Å². The van der Waals surface area contributed by atoms with Crippen molar-refractivity contribution < 1.29 is 4.79 Å². The lowest BCUT2D eigenvalue weighted by Gasteiger charge is -2.14. The van der Waals surface area contributed by atoms with Crippen LogP contribution in [0, 0.1) is 6.92 Å². The third-order valence-corrected chi connectivity index (χ3v) is 5.17. The summed E-state index contributed by atoms with van der Waals surface area (Å²) in [5.41, 5.74) is 7.58. The molecule has 0 radical (unpaired) electrons. The highest BCUT2D eigenvalue weighted by Gasteiger charge is 2.19. The average Bonchev–Trinajstić information content (AvgIpc) is 2.81. The molecule has 21 heavy (non-hydrogen) atoms. The van der Waals surface area contributed by atoms with Crippen molar-refractivity contribution in [2.75, 3.05) is 0 Å². The lowest BCUT2D eigenvalue weighted by molar-refractivity contribution is -0.122. The van der Waals surface area contributed by atoms with Gasteiger partial charge in [0.05, 0.1) is 22.7 Å². The Labute approximate surface area is 136 Å². The Kier molecular flexibility index (Phi) is 5.13. The van der Waals surface area contributed by atoms with E-state index in [2.05, 4.69) is 26.2 Å². The number of amides is 1. The van der Waals surface area contributed by atoms with E-state index in [4.69, 9.17) is 5.73 Å². The zero-order chi connectivity index (χ0) is 15.6. The fourth-order valence-electron chi connectivity index (χ4n) is 1.97. The SMILES string of the molecule is Cc1nc(-c2ccccc2Br)sc1C(C)NC(=O)[C@@H](C)N. The minimum Gasteiger partial charge on any atom is -0.347 e. The van der Waals surface area contributed by atoms with Crippen LogP contribution in [-0.2, 0) is 4.79 Å². The van der Waals surface area contributed by atoms with E-state index in [0.717, 1.165) is 25.6 Å². The van der Waals surface area contributed by atoms with Gasteiger partial charge in [-0.05, 0) is 26.8 Å². The van der Waals surface area contributed by atoms with E-state index in [-0.39, 0.29) is 11.9 Å². The van der Waals surface area contributed by atoms with E-state index in [1.165, 1.54) is 0 Å². The summed E-state index contributed by atoms with van der Waals surface area (Å²) in [6.07, 6.45) is 0. The zero-order valence-electron chi connectivity index (χ0n) is 12.2. The number of nitrogens with zero attached hydrogens (tertiary/aromatic N) is 1. The molecule has 0 aliphatic heterocycles.